The van der Waals surface area contributed by atoms with Crippen molar-refractivity contribution in [1.82, 2.24) is 9.55 Å². The number of carbonyl (C=O) groups is 1. The van der Waals surface area contributed by atoms with Crippen LogP contribution in [0.4, 0.5) is 5.69 Å². The van der Waals surface area contributed by atoms with Gasteiger partial charge in [-0.25, -0.2) is 4.98 Å². The molecule has 4 aromatic rings. The maximum Gasteiger partial charge on any atom is 0.259 e. The van der Waals surface area contributed by atoms with E-state index in [9.17, 15) is 14.7 Å². The zero-order valence-electron chi connectivity index (χ0n) is 18.5. The largest absolute Gasteiger partial charge is 0.388 e. The van der Waals surface area contributed by atoms with E-state index in [1.807, 2.05) is 18.2 Å². The average Bonchev–Trinajstić information content (AvgIpc) is 2.77. The summed E-state index contributed by atoms with van der Waals surface area (Å²) >= 11 is 18.7. The first-order valence-corrected chi connectivity index (χ1v) is 11.5. The number of aliphatic hydroxyl groups excluding tert-OH is 1. The molecule has 1 atom stereocenters. The minimum absolute atomic E-state index is 0.0753. The Bertz CT molecular complexity index is 1500. The molecule has 2 aromatic heterocycles. The number of carbonyl (C=O) groups excluding carboxylic acids is 1. The highest BCUT2D eigenvalue weighted by atomic mass is 35.5. The number of amides is 1. The van der Waals surface area contributed by atoms with Crippen molar-refractivity contribution in [1.29, 1.82) is 0 Å². The van der Waals surface area contributed by atoms with E-state index in [2.05, 4.69) is 5.32 Å². The summed E-state index contributed by atoms with van der Waals surface area (Å²) in [7, 11) is 1.57. The molecular weight excluding hydrogens is 497 g/mol. The Kier molecular flexibility index (Phi) is 6.69. The fraction of sp³-hybridized carbons (Fsp3) is 0.160. The summed E-state index contributed by atoms with van der Waals surface area (Å²) in [4.78, 5) is 30.0. The van der Waals surface area contributed by atoms with Gasteiger partial charge in [-0.1, -0.05) is 46.9 Å². The number of aryl methyl sites for hydroxylation is 1. The molecule has 9 heteroatoms. The average molecular weight is 517 g/mol. The van der Waals surface area contributed by atoms with Gasteiger partial charge in [0.15, 0.2) is 0 Å². The number of nitrogens with zero attached hydrogens (tertiary/aromatic N) is 2. The second-order valence-electron chi connectivity index (χ2n) is 7.90. The van der Waals surface area contributed by atoms with Gasteiger partial charge in [-0.15, -0.1) is 0 Å². The van der Waals surface area contributed by atoms with Gasteiger partial charge >= 0.3 is 0 Å². The number of hydrogen-bond acceptors (Lipinski definition) is 4. The standard InChI is InChI=1S/C25H20Cl3N3O3/c1-12(32)21-23(29-13(2)33)19-11-18(14-4-6-15(26)7-5-14)22(30-24(19)31(3)25(21)34)17-9-8-16(27)10-20(17)28/h4-12,32H,1-3H3,(H,29,33). The molecule has 34 heavy (non-hydrogen) atoms. The fourth-order valence-electron chi connectivity index (χ4n) is 3.91. The third kappa shape index (κ3) is 4.42. The molecule has 0 fully saturated rings. The van der Waals surface area contributed by atoms with E-state index in [1.54, 1.807) is 37.4 Å². The number of fused-ring (bicyclic) bond motifs is 1. The molecule has 0 saturated heterocycles. The van der Waals surface area contributed by atoms with Gasteiger partial charge in [0.1, 0.15) is 5.65 Å². The summed E-state index contributed by atoms with van der Waals surface area (Å²) in [6.45, 7) is 2.81. The van der Waals surface area contributed by atoms with Crippen LogP contribution < -0.4 is 10.9 Å². The molecular formula is C25H20Cl3N3O3. The third-order valence-corrected chi connectivity index (χ3v) is 6.25. The van der Waals surface area contributed by atoms with E-state index in [0.29, 0.717) is 42.9 Å². The Morgan fingerprint density at radius 2 is 1.68 bits per heavy atom. The molecule has 174 valence electrons. The van der Waals surface area contributed by atoms with Gasteiger partial charge in [0.05, 0.1) is 28.1 Å². The predicted molar refractivity (Wildman–Crippen MR) is 138 cm³/mol. The van der Waals surface area contributed by atoms with Crippen LogP contribution in [0.5, 0.6) is 0 Å². The molecule has 0 spiro atoms. The van der Waals surface area contributed by atoms with Crippen molar-refractivity contribution >= 4 is 57.4 Å². The van der Waals surface area contributed by atoms with Crippen LogP contribution in [-0.4, -0.2) is 20.6 Å². The van der Waals surface area contributed by atoms with Crippen molar-refractivity contribution < 1.29 is 9.90 Å². The maximum atomic E-state index is 13.1. The van der Waals surface area contributed by atoms with E-state index in [4.69, 9.17) is 39.8 Å². The Morgan fingerprint density at radius 3 is 2.26 bits per heavy atom. The van der Waals surface area contributed by atoms with Gasteiger partial charge in [0.25, 0.3) is 5.56 Å². The third-order valence-electron chi connectivity index (χ3n) is 5.45. The molecule has 1 unspecified atom stereocenters. The molecule has 0 saturated carbocycles. The highest BCUT2D eigenvalue weighted by molar-refractivity contribution is 6.36. The van der Waals surface area contributed by atoms with Gasteiger partial charge in [0.2, 0.25) is 5.91 Å². The van der Waals surface area contributed by atoms with Crippen LogP contribution in [0.25, 0.3) is 33.4 Å². The van der Waals surface area contributed by atoms with Crippen molar-refractivity contribution in [3.8, 4) is 22.4 Å². The molecule has 0 radical (unpaired) electrons. The molecule has 6 nitrogen and oxygen atoms in total. The van der Waals surface area contributed by atoms with Crippen molar-refractivity contribution in [2.75, 3.05) is 5.32 Å². The Morgan fingerprint density at radius 1 is 1.03 bits per heavy atom. The molecule has 0 aliphatic heterocycles. The first-order valence-electron chi connectivity index (χ1n) is 10.3. The number of anilines is 1. The van der Waals surface area contributed by atoms with Crippen LogP contribution >= 0.6 is 34.8 Å². The molecule has 1 amide bonds. The van der Waals surface area contributed by atoms with Gasteiger partial charge in [-0.05, 0) is 48.9 Å². The van der Waals surface area contributed by atoms with E-state index >= 15 is 0 Å². The Hall–Kier alpha value is -2.90. The molecule has 2 aromatic carbocycles. The molecule has 0 aliphatic carbocycles. The van der Waals surface area contributed by atoms with Crippen LogP contribution in [0.2, 0.25) is 15.1 Å². The smallest absolute Gasteiger partial charge is 0.259 e. The zero-order valence-corrected chi connectivity index (χ0v) is 20.8. The van der Waals surface area contributed by atoms with Crippen molar-refractivity contribution in [2.24, 2.45) is 7.05 Å². The second-order valence-corrected chi connectivity index (χ2v) is 9.18. The van der Waals surface area contributed by atoms with Crippen molar-refractivity contribution in [2.45, 2.75) is 20.0 Å². The number of nitrogens with one attached hydrogen (secondary N) is 1. The van der Waals surface area contributed by atoms with Crippen molar-refractivity contribution in [3.05, 3.63) is 79.5 Å². The number of hydrogen-bond donors (Lipinski definition) is 2. The lowest BCUT2D eigenvalue weighted by molar-refractivity contribution is -0.114. The lowest BCUT2D eigenvalue weighted by Gasteiger charge is -2.20. The summed E-state index contributed by atoms with van der Waals surface area (Å²) < 4.78 is 1.35. The topological polar surface area (TPSA) is 84.2 Å². The number of halogens is 3. The highest BCUT2D eigenvalue weighted by Crippen LogP contribution is 2.40. The number of benzene rings is 2. The number of aromatic nitrogens is 2. The summed E-state index contributed by atoms with van der Waals surface area (Å²) in [6.07, 6.45) is -1.12. The second kappa shape index (κ2) is 9.39. The quantitative estimate of drug-likeness (QED) is 0.336. The first kappa shape index (κ1) is 24.2. The van der Waals surface area contributed by atoms with E-state index in [0.717, 1.165) is 5.56 Å². The Balaban J connectivity index is 2.19. The zero-order chi connectivity index (χ0) is 24.7. The number of aliphatic hydroxyl groups is 1. The van der Waals surface area contributed by atoms with Gasteiger partial charge < -0.3 is 10.4 Å². The van der Waals surface area contributed by atoms with Crippen LogP contribution in [-0.2, 0) is 11.8 Å². The minimum Gasteiger partial charge on any atom is -0.388 e. The normalized spacial score (nSPS) is 12.1. The fourth-order valence-corrected chi connectivity index (χ4v) is 4.53. The van der Waals surface area contributed by atoms with Gasteiger partial charge in [0, 0.05) is 40.5 Å². The van der Waals surface area contributed by atoms with E-state index < -0.39 is 11.7 Å². The lowest BCUT2D eigenvalue weighted by Crippen LogP contribution is -2.27. The van der Waals surface area contributed by atoms with Crippen LogP contribution in [0.3, 0.4) is 0 Å². The van der Waals surface area contributed by atoms with Gasteiger partial charge in [-0.2, -0.15) is 0 Å². The van der Waals surface area contributed by atoms with E-state index in [1.165, 1.54) is 18.4 Å². The highest BCUT2D eigenvalue weighted by Gasteiger charge is 2.23. The van der Waals surface area contributed by atoms with Crippen LogP contribution in [0.15, 0.2) is 53.3 Å². The molecule has 4 rings (SSSR count). The minimum atomic E-state index is -1.12. The maximum absolute atomic E-state index is 13.1. The number of pyridine rings is 2. The lowest BCUT2D eigenvalue weighted by atomic mass is 9.96. The SMILES string of the molecule is CC(=O)Nc1c(C(C)O)c(=O)n(C)c2nc(-c3ccc(Cl)cc3Cl)c(-c3ccc(Cl)cc3)cc12. The summed E-state index contributed by atoms with van der Waals surface area (Å²) in [6, 6.07) is 14.1. The molecule has 2 heterocycles. The summed E-state index contributed by atoms with van der Waals surface area (Å²) in [5.74, 6) is -0.380. The molecule has 0 bridgehead atoms. The molecule has 0 aliphatic rings. The molecule has 2 N–H and O–H groups in total. The predicted octanol–water partition coefficient (Wildman–Crippen LogP) is 6.24. The summed E-state index contributed by atoms with van der Waals surface area (Å²) in [5, 5.41) is 15.0. The first-order chi connectivity index (χ1) is 16.1. The number of rotatable bonds is 4. The monoisotopic (exact) mass is 515 g/mol. The van der Waals surface area contributed by atoms with Crippen LogP contribution in [0.1, 0.15) is 25.5 Å². The van der Waals surface area contributed by atoms with Crippen LogP contribution in [0, 0.1) is 0 Å². The van der Waals surface area contributed by atoms with Crippen molar-refractivity contribution in [3.63, 3.8) is 0 Å². The van der Waals surface area contributed by atoms with Gasteiger partial charge in [-0.3, -0.25) is 14.2 Å². The Labute approximate surface area is 210 Å². The summed E-state index contributed by atoms with van der Waals surface area (Å²) in [5.41, 5.74) is 2.76. The van der Waals surface area contributed by atoms with E-state index in [-0.39, 0.29) is 17.2 Å².